The summed E-state index contributed by atoms with van der Waals surface area (Å²) in [5.41, 5.74) is 4.96. The summed E-state index contributed by atoms with van der Waals surface area (Å²) in [6.45, 7) is 4.67. The standard InChI is InChI=1S/C50H58N4O10S2/c1-33-16-19-35(20-17-33)66(62,63)54(49(58)48-38-11-3-5-13-44(38)53(27-10-30-65(59,60)61)45-14-6-4-12-39(45)48)28-9-15-47(57)51-26-7-8-29-64-52-43-32-40-37(36-21-18-34(55)31-41(36)43)24-25-50(2)42(40)22-23-46(50)56/h3-6,11-14,16-21,31,37,40,42,46,56H,7-10,15,22-30,32H2,1-2H3,(H2-,51,55,57,59,60,61)/p+1/b52-43-/t37-,40-,42+,46+,50+/m1/s1. The first-order valence-corrected chi connectivity index (χ1v) is 26.0. The highest BCUT2D eigenvalue weighted by Crippen LogP contribution is 2.61. The highest BCUT2D eigenvalue weighted by molar-refractivity contribution is 7.89. The molecule has 4 aromatic carbocycles. The van der Waals surface area contributed by atoms with Crippen LogP contribution in [0.1, 0.15) is 104 Å². The normalized spacial score (nSPS) is 22.2. The van der Waals surface area contributed by atoms with Crippen molar-refractivity contribution in [3.8, 4) is 5.75 Å². The van der Waals surface area contributed by atoms with E-state index in [2.05, 4.69) is 17.4 Å². The lowest BCUT2D eigenvalue weighted by atomic mass is 9.55. The summed E-state index contributed by atoms with van der Waals surface area (Å²) >= 11 is 0. The maximum absolute atomic E-state index is 14.9. The molecule has 3 aliphatic rings. The lowest BCUT2D eigenvalue weighted by Gasteiger charge is -2.50. The number of phenolic OH excluding ortho intramolecular Hbond substituents is 1. The number of benzene rings is 4. The van der Waals surface area contributed by atoms with Gasteiger partial charge in [0.15, 0.2) is 6.54 Å². The van der Waals surface area contributed by atoms with Gasteiger partial charge in [-0.1, -0.05) is 60.1 Å². The molecular weight excluding hydrogens is 881 g/mol. The van der Waals surface area contributed by atoms with E-state index in [1.807, 2.05) is 17.6 Å². The number of nitrogens with zero attached hydrogens (tertiary/aromatic N) is 3. The van der Waals surface area contributed by atoms with Gasteiger partial charge in [0.1, 0.15) is 12.4 Å². The van der Waals surface area contributed by atoms with Crippen molar-refractivity contribution in [3.63, 3.8) is 0 Å². The van der Waals surface area contributed by atoms with Crippen molar-refractivity contribution in [2.75, 3.05) is 25.4 Å². The number of aliphatic hydroxyl groups excluding tert-OH is 1. The molecule has 0 saturated heterocycles. The number of amides is 2. The quantitative estimate of drug-likeness (QED) is 0.0243. The van der Waals surface area contributed by atoms with Gasteiger partial charge in [0, 0.05) is 43.6 Å². The van der Waals surface area contributed by atoms with Gasteiger partial charge in [0.25, 0.3) is 26.0 Å². The Morgan fingerprint density at radius 2 is 1.59 bits per heavy atom. The summed E-state index contributed by atoms with van der Waals surface area (Å²) in [5, 5.41) is 29.7. The van der Waals surface area contributed by atoms with E-state index in [1.54, 1.807) is 72.8 Å². The first-order valence-electron chi connectivity index (χ1n) is 23.0. The van der Waals surface area contributed by atoms with Crippen LogP contribution in [-0.2, 0) is 36.3 Å². The lowest BCUT2D eigenvalue weighted by Crippen LogP contribution is -2.45. The predicted octanol–water partition coefficient (Wildman–Crippen LogP) is 7.18. The van der Waals surface area contributed by atoms with E-state index in [-0.39, 0.29) is 66.0 Å². The van der Waals surface area contributed by atoms with E-state index in [0.717, 1.165) is 53.2 Å². The molecule has 2 fully saturated rings. The number of nitrogens with one attached hydrogen (secondary N) is 1. The van der Waals surface area contributed by atoms with Crippen LogP contribution in [0.4, 0.5) is 0 Å². The Morgan fingerprint density at radius 3 is 2.29 bits per heavy atom. The largest absolute Gasteiger partial charge is 0.508 e. The third kappa shape index (κ3) is 9.69. The number of aryl methyl sites for hydroxylation is 2. The van der Waals surface area contributed by atoms with E-state index in [0.29, 0.717) is 65.6 Å². The third-order valence-corrected chi connectivity index (χ3v) is 16.9. The number of carbonyl (C=O) groups excluding carboxylic acids is 2. The summed E-state index contributed by atoms with van der Waals surface area (Å²) in [5.74, 6) is -0.243. The molecule has 2 saturated carbocycles. The number of aliphatic hydroxyl groups is 1. The number of oxime groups is 1. The second-order valence-electron chi connectivity index (χ2n) is 18.4. The zero-order chi connectivity index (χ0) is 46.8. The fourth-order valence-electron chi connectivity index (χ4n) is 10.9. The number of fused-ring (bicyclic) bond motifs is 7. The molecule has 0 aliphatic heterocycles. The molecule has 350 valence electrons. The van der Waals surface area contributed by atoms with Gasteiger partial charge in [-0.15, -0.1) is 0 Å². The Labute approximate surface area is 386 Å². The van der Waals surface area contributed by atoms with Crippen LogP contribution in [0.5, 0.6) is 5.75 Å². The predicted molar refractivity (Wildman–Crippen MR) is 251 cm³/mol. The summed E-state index contributed by atoms with van der Waals surface area (Å²) in [4.78, 5) is 33.8. The topological polar surface area (TPSA) is 204 Å². The van der Waals surface area contributed by atoms with E-state index in [4.69, 9.17) is 4.84 Å². The Morgan fingerprint density at radius 1 is 0.894 bits per heavy atom. The van der Waals surface area contributed by atoms with Crippen LogP contribution < -0.4 is 9.88 Å². The number of hydrogen-bond acceptors (Lipinski definition) is 10. The number of phenols is 1. The average Bonchev–Trinajstić information content (AvgIpc) is 3.60. The Hall–Kier alpha value is -5.42. The second kappa shape index (κ2) is 19.4. The van der Waals surface area contributed by atoms with Crippen LogP contribution in [0.3, 0.4) is 0 Å². The number of pyridine rings is 1. The molecule has 0 spiro atoms. The average molecular weight is 940 g/mol. The van der Waals surface area contributed by atoms with Gasteiger partial charge in [-0.3, -0.25) is 14.1 Å². The Bertz CT molecular complexity index is 2830. The molecule has 16 heteroatoms. The van der Waals surface area contributed by atoms with E-state index < -0.39 is 31.8 Å². The zero-order valence-corrected chi connectivity index (χ0v) is 39.1. The molecule has 2 amide bonds. The lowest BCUT2D eigenvalue weighted by molar-refractivity contribution is -0.645. The molecule has 0 unspecified atom stereocenters. The minimum absolute atomic E-state index is 0.0348. The first-order chi connectivity index (χ1) is 31.6. The first kappa shape index (κ1) is 47.1. The maximum Gasteiger partial charge on any atom is 0.269 e. The zero-order valence-electron chi connectivity index (χ0n) is 37.4. The van der Waals surface area contributed by atoms with Crippen LogP contribution in [0, 0.1) is 24.2 Å². The third-order valence-electron chi connectivity index (χ3n) is 14.2. The van der Waals surface area contributed by atoms with Gasteiger partial charge in [0.05, 0.1) is 38.8 Å². The molecule has 66 heavy (non-hydrogen) atoms. The molecule has 1 heterocycles. The molecule has 0 bridgehead atoms. The number of para-hydroxylation sites is 2. The summed E-state index contributed by atoms with van der Waals surface area (Å²) in [6, 6.07) is 25.8. The molecule has 5 aromatic rings. The summed E-state index contributed by atoms with van der Waals surface area (Å²) in [7, 11) is -8.62. The monoisotopic (exact) mass is 939 g/mol. The fraction of sp³-hybridized carbons (Fsp3) is 0.440. The molecule has 8 rings (SSSR count). The van der Waals surface area contributed by atoms with Crippen molar-refractivity contribution in [3.05, 3.63) is 113 Å². The maximum atomic E-state index is 14.9. The van der Waals surface area contributed by atoms with Gasteiger partial charge in [-0.2, -0.15) is 13.0 Å². The van der Waals surface area contributed by atoms with Gasteiger partial charge in [-0.05, 0) is 123 Å². The summed E-state index contributed by atoms with van der Waals surface area (Å²) in [6.07, 6.45) is 5.54. The van der Waals surface area contributed by atoms with Crippen LogP contribution in [0.2, 0.25) is 0 Å². The molecule has 3 aliphatic carbocycles. The van der Waals surface area contributed by atoms with Crippen LogP contribution in [0.15, 0.2) is 101 Å². The number of carbonyl (C=O) groups is 2. The molecule has 5 atom stereocenters. The highest BCUT2D eigenvalue weighted by atomic mass is 32.2. The number of aromatic nitrogens is 1. The van der Waals surface area contributed by atoms with Crippen molar-refractivity contribution in [1.82, 2.24) is 9.62 Å². The number of aromatic hydroxyl groups is 1. The van der Waals surface area contributed by atoms with Gasteiger partial charge >= 0.3 is 0 Å². The molecule has 0 radical (unpaired) electrons. The van der Waals surface area contributed by atoms with Gasteiger partial charge < -0.3 is 20.4 Å². The summed E-state index contributed by atoms with van der Waals surface area (Å²) < 4.78 is 64.0. The number of unbranched alkanes of at least 4 members (excludes halogenated alkanes) is 1. The van der Waals surface area contributed by atoms with E-state index >= 15 is 0 Å². The van der Waals surface area contributed by atoms with Crippen molar-refractivity contribution in [1.29, 1.82) is 0 Å². The second-order valence-corrected chi connectivity index (χ2v) is 21.9. The Kier molecular flexibility index (Phi) is 13.9. The SMILES string of the molecule is Cc1ccc(S(=O)(=O)N(CCCC(=O)NCCCCO/N=C2/C[C@@H]3[C@H](CC[C@]4(C)[C@@H](O)CC[C@@H]34)c3ccc(O)cc32)C(=O)c2c3ccccc3[n+](CCCS(=O)(=O)O)c3ccccc23)cc1. The van der Waals surface area contributed by atoms with Crippen LogP contribution >= 0.6 is 0 Å². The molecular formula is C50H59N4O10S2+. The molecule has 1 aromatic heterocycles. The van der Waals surface area contributed by atoms with Crippen molar-refractivity contribution >= 4 is 59.5 Å². The van der Waals surface area contributed by atoms with Crippen LogP contribution in [0.25, 0.3) is 21.8 Å². The fourth-order valence-corrected chi connectivity index (χ4v) is 12.8. The van der Waals surface area contributed by atoms with Crippen molar-refractivity contribution < 1.29 is 50.6 Å². The number of hydrogen-bond donors (Lipinski definition) is 4. The van der Waals surface area contributed by atoms with E-state index in [9.17, 15) is 41.2 Å². The van der Waals surface area contributed by atoms with Crippen molar-refractivity contribution in [2.45, 2.75) is 102 Å². The smallest absolute Gasteiger partial charge is 0.269 e. The number of rotatable bonds is 17. The minimum Gasteiger partial charge on any atom is -0.508 e. The minimum atomic E-state index is -4.41. The molecule has 14 nitrogen and oxygen atoms in total. The molecule has 4 N–H and O–H groups in total. The number of sulfonamides is 1. The van der Waals surface area contributed by atoms with Gasteiger partial charge in [-0.25, -0.2) is 12.7 Å². The van der Waals surface area contributed by atoms with Gasteiger partial charge in [0.2, 0.25) is 16.9 Å². The highest BCUT2D eigenvalue weighted by Gasteiger charge is 2.55. The Balaban J connectivity index is 0.913. The van der Waals surface area contributed by atoms with E-state index in [1.165, 1.54) is 17.7 Å². The van der Waals surface area contributed by atoms with Crippen molar-refractivity contribution in [2.24, 2.45) is 22.4 Å². The van der Waals surface area contributed by atoms with Crippen LogP contribution in [-0.4, -0.2) is 85.0 Å².